The van der Waals surface area contributed by atoms with Crippen molar-refractivity contribution in [3.05, 3.63) is 51.3 Å². The molecule has 19 heavy (non-hydrogen) atoms. The zero-order chi connectivity index (χ0) is 14.0. The molecule has 1 aromatic heterocycles. The molecule has 0 saturated heterocycles. The molecule has 0 bridgehead atoms. The number of hydrogen-bond donors (Lipinski definition) is 0. The van der Waals surface area contributed by atoms with E-state index in [2.05, 4.69) is 5.16 Å². The van der Waals surface area contributed by atoms with Crippen molar-refractivity contribution < 1.29 is 9.32 Å². The molecular weight excluding hydrogens is 287 g/mol. The van der Waals surface area contributed by atoms with Gasteiger partial charge in [-0.3, -0.25) is 4.79 Å². The van der Waals surface area contributed by atoms with Gasteiger partial charge in [0.05, 0.1) is 17.1 Å². The second-order valence-corrected chi connectivity index (χ2v) is 5.06. The smallest absolute Gasteiger partial charge is 0.255 e. The number of carbonyl (C=O) groups is 1. The monoisotopic (exact) mass is 298 g/mol. The Balaban J connectivity index is 2.16. The molecule has 0 aliphatic heterocycles. The standard InChI is InChI=1S/C13H12Cl2N2O2/c1-8-5-10(16-19-8)7-17(2)13(18)11-6-9(14)3-4-12(11)15/h3-6H,7H2,1-2H3. The Morgan fingerprint density at radius 2 is 2.11 bits per heavy atom. The van der Waals surface area contributed by atoms with E-state index in [4.69, 9.17) is 27.7 Å². The highest BCUT2D eigenvalue weighted by Gasteiger charge is 2.17. The normalized spacial score (nSPS) is 10.5. The first kappa shape index (κ1) is 13.9. The van der Waals surface area contributed by atoms with E-state index in [9.17, 15) is 4.79 Å². The van der Waals surface area contributed by atoms with E-state index in [0.717, 1.165) is 0 Å². The van der Waals surface area contributed by atoms with Crippen LogP contribution in [0, 0.1) is 6.92 Å². The van der Waals surface area contributed by atoms with Crippen LogP contribution in [0.2, 0.25) is 10.0 Å². The van der Waals surface area contributed by atoms with Crippen LogP contribution in [0.1, 0.15) is 21.8 Å². The van der Waals surface area contributed by atoms with Crippen molar-refractivity contribution in [3.63, 3.8) is 0 Å². The summed E-state index contributed by atoms with van der Waals surface area (Å²) < 4.78 is 4.96. The third kappa shape index (κ3) is 3.28. The van der Waals surface area contributed by atoms with Crippen molar-refractivity contribution in [2.75, 3.05) is 7.05 Å². The number of halogens is 2. The summed E-state index contributed by atoms with van der Waals surface area (Å²) in [6.07, 6.45) is 0. The van der Waals surface area contributed by atoms with Crippen molar-refractivity contribution in [2.24, 2.45) is 0 Å². The molecule has 2 rings (SSSR count). The topological polar surface area (TPSA) is 46.3 Å². The molecule has 0 aliphatic carbocycles. The van der Waals surface area contributed by atoms with E-state index in [1.54, 1.807) is 38.2 Å². The van der Waals surface area contributed by atoms with Crippen LogP contribution in [-0.2, 0) is 6.54 Å². The second-order valence-electron chi connectivity index (χ2n) is 4.21. The van der Waals surface area contributed by atoms with E-state index in [1.807, 2.05) is 0 Å². The molecule has 0 fully saturated rings. The maximum atomic E-state index is 12.3. The molecule has 1 amide bonds. The molecule has 0 radical (unpaired) electrons. The Labute approximate surface area is 120 Å². The SMILES string of the molecule is Cc1cc(CN(C)C(=O)c2cc(Cl)ccc2Cl)no1. The van der Waals surface area contributed by atoms with Gasteiger partial charge in [0.1, 0.15) is 11.5 Å². The molecule has 100 valence electrons. The van der Waals surface area contributed by atoms with E-state index in [1.165, 1.54) is 4.90 Å². The Morgan fingerprint density at radius 3 is 2.74 bits per heavy atom. The highest BCUT2D eigenvalue weighted by molar-refractivity contribution is 6.35. The third-order valence-corrected chi connectivity index (χ3v) is 3.15. The molecule has 0 unspecified atom stereocenters. The van der Waals surface area contributed by atoms with Gasteiger partial charge in [-0.15, -0.1) is 0 Å². The fraction of sp³-hybridized carbons (Fsp3) is 0.231. The maximum absolute atomic E-state index is 12.3. The van der Waals surface area contributed by atoms with Crippen LogP contribution in [-0.4, -0.2) is 23.0 Å². The summed E-state index contributed by atoms with van der Waals surface area (Å²) in [7, 11) is 1.67. The summed E-state index contributed by atoms with van der Waals surface area (Å²) in [5.41, 5.74) is 1.06. The van der Waals surface area contributed by atoms with Crippen LogP contribution in [0.3, 0.4) is 0 Å². The van der Waals surface area contributed by atoms with Crippen LogP contribution >= 0.6 is 23.2 Å². The lowest BCUT2D eigenvalue weighted by Crippen LogP contribution is -2.26. The molecule has 0 N–H and O–H groups in total. The van der Waals surface area contributed by atoms with Crippen molar-refractivity contribution in [1.82, 2.24) is 10.1 Å². The molecule has 1 heterocycles. The summed E-state index contributed by atoms with van der Waals surface area (Å²) in [6.45, 7) is 2.14. The predicted octanol–water partition coefficient (Wildman–Crippen LogP) is 3.56. The van der Waals surface area contributed by atoms with Gasteiger partial charge in [0.15, 0.2) is 0 Å². The van der Waals surface area contributed by atoms with Crippen molar-refractivity contribution in [2.45, 2.75) is 13.5 Å². The molecular formula is C13H12Cl2N2O2. The number of aryl methyl sites for hydroxylation is 1. The predicted molar refractivity (Wildman–Crippen MR) is 73.5 cm³/mol. The van der Waals surface area contributed by atoms with Gasteiger partial charge in [-0.25, -0.2) is 0 Å². The molecule has 0 atom stereocenters. The summed E-state index contributed by atoms with van der Waals surface area (Å²) >= 11 is 11.9. The van der Waals surface area contributed by atoms with Crippen molar-refractivity contribution in [1.29, 1.82) is 0 Å². The minimum Gasteiger partial charge on any atom is -0.361 e. The van der Waals surface area contributed by atoms with Gasteiger partial charge >= 0.3 is 0 Å². The molecule has 4 nitrogen and oxygen atoms in total. The summed E-state index contributed by atoms with van der Waals surface area (Å²) in [6, 6.07) is 6.58. The van der Waals surface area contributed by atoms with Crippen LogP contribution in [0.15, 0.2) is 28.8 Å². The van der Waals surface area contributed by atoms with Gasteiger partial charge in [-0.2, -0.15) is 0 Å². The highest BCUT2D eigenvalue weighted by Crippen LogP contribution is 2.22. The van der Waals surface area contributed by atoms with Crippen LogP contribution in [0.4, 0.5) is 0 Å². The van der Waals surface area contributed by atoms with Crippen LogP contribution in [0.5, 0.6) is 0 Å². The third-order valence-electron chi connectivity index (χ3n) is 2.58. The fourth-order valence-electron chi connectivity index (χ4n) is 1.67. The lowest BCUT2D eigenvalue weighted by Gasteiger charge is -2.16. The lowest BCUT2D eigenvalue weighted by atomic mass is 10.2. The van der Waals surface area contributed by atoms with E-state index >= 15 is 0 Å². The molecule has 0 spiro atoms. The fourth-order valence-corrected chi connectivity index (χ4v) is 2.04. The van der Waals surface area contributed by atoms with Gasteiger partial charge < -0.3 is 9.42 Å². The molecule has 2 aromatic rings. The zero-order valence-corrected chi connectivity index (χ0v) is 12.0. The number of carbonyl (C=O) groups excluding carboxylic acids is 1. The number of nitrogens with zero attached hydrogens (tertiary/aromatic N) is 2. The first-order valence-electron chi connectivity index (χ1n) is 5.60. The van der Waals surface area contributed by atoms with Crippen molar-refractivity contribution >= 4 is 29.1 Å². The van der Waals surface area contributed by atoms with Gasteiger partial charge in [0.25, 0.3) is 5.91 Å². The number of hydrogen-bond acceptors (Lipinski definition) is 3. The number of amides is 1. The number of benzene rings is 1. The first-order valence-corrected chi connectivity index (χ1v) is 6.35. The Hall–Kier alpha value is -1.52. The Bertz CT molecular complexity index is 610. The first-order chi connectivity index (χ1) is 8.97. The maximum Gasteiger partial charge on any atom is 0.255 e. The van der Waals surface area contributed by atoms with Crippen LogP contribution in [0.25, 0.3) is 0 Å². The molecule has 6 heteroatoms. The average molecular weight is 299 g/mol. The largest absolute Gasteiger partial charge is 0.361 e. The lowest BCUT2D eigenvalue weighted by molar-refractivity contribution is 0.0782. The zero-order valence-electron chi connectivity index (χ0n) is 10.5. The molecule has 1 aromatic carbocycles. The van der Waals surface area contributed by atoms with Gasteiger partial charge in [-0.1, -0.05) is 28.4 Å². The minimum absolute atomic E-state index is 0.215. The summed E-state index contributed by atoms with van der Waals surface area (Å²) in [5.74, 6) is 0.491. The van der Waals surface area contributed by atoms with Gasteiger partial charge in [-0.05, 0) is 25.1 Å². The average Bonchev–Trinajstić information content (AvgIpc) is 2.77. The van der Waals surface area contributed by atoms with E-state index in [0.29, 0.717) is 33.6 Å². The highest BCUT2D eigenvalue weighted by atomic mass is 35.5. The molecule has 0 saturated carbocycles. The van der Waals surface area contributed by atoms with Gasteiger partial charge in [0.2, 0.25) is 0 Å². The summed E-state index contributed by atoms with van der Waals surface area (Å²) in [4.78, 5) is 13.8. The molecule has 0 aliphatic rings. The van der Waals surface area contributed by atoms with E-state index < -0.39 is 0 Å². The number of rotatable bonds is 3. The minimum atomic E-state index is -0.215. The number of aromatic nitrogens is 1. The second kappa shape index (κ2) is 5.63. The quantitative estimate of drug-likeness (QED) is 0.870. The summed E-state index contributed by atoms with van der Waals surface area (Å²) in [5, 5.41) is 4.69. The van der Waals surface area contributed by atoms with Crippen molar-refractivity contribution in [3.8, 4) is 0 Å². The van der Waals surface area contributed by atoms with E-state index in [-0.39, 0.29) is 5.91 Å². The van der Waals surface area contributed by atoms with Crippen LogP contribution < -0.4 is 0 Å². The van der Waals surface area contributed by atoms with Gasteiger partial charge in [0, 0.05) is 18.1 Å². The Morgan fingerprint density at radius 1 is 1.37 bits per heavy atom. The Kier molecular flexibility index (Phi) is 4.12.